The number of benzene rings is 1. The van der Waals surface area contributed by atoms with Gasteiger partial charge in [0.1, 0.15) is 5.75 Å². The first-order valence-corrected chi connectivity index (χ1v) is 7.41. The zero-order chi connectivity index (χ0) is 15.4. The van der Waals surface area contributed by atoms with Crippen LogP contribution in [0.3, 0.4) is 0 Å². The predicted octanol–water partition coefficient (Wildman–Crippen LogP) is 1.62. The van der Waals surface area contributed by atoms with Gasteiger partial charge in [-0.2, -0.15) is 0 Å². The van der Waals surface area contributed by atoms with Crippen LogP contribution in [0.4, 0.5) is 5.69 Å². The van der Waals surface area contributed by atoms with Crippen molar-refractivity contribution in [3.8, 4) is 5.75 Å². The first-order valence-electron chi connectivity index (χ1n) is 7.41. The van der Waals surface area contributed by atoms with Gasteiger partial charge in [0.2, 0.25) is 5.91 Å². The number of hydrogen-bond acceptors (Lipinski definition) is 4. The van der Waals surface area contributed by atoms with Crippen molar-refractivity contribution in [1.82, 2.24) is 10.2 Å². The van der Waals surface area contributed by atoms with E-state index in [-0.39, 0.29) is 5.91 Å². The summed E-state index contributed by atoms with van der Waals surface area (Å²) >= 11 is 0. The lowest BCUT2D eigenvalue weighted by Crippen LogP contribution is -2.55. The van der Waals surface area contributed by atoms with Crippen molar-refractivity contribution >= 4 is 11.6 Å². The molecule has 1 saturated heterocycles. The molecule has 0 radical (unpaired) electrons. The number of carbonyl (C=O) groups excluding carboxylic acids is 1. The molecule has 1 heterocycles. The zero-order valence-corrected chi connectivity index (χ0v) is 13.3. The third-order valence-corrected chi connectivity index (χ3v) is 3.78. The van der Waals surface area contributed by atoms with Gasteiger partial charge in [-0.05, 0) is 32.9 Å². The number of hydrogen-bond donors (Lipinski definition) is 2. The quantitative estimate of drug-likeness (QED) is 0.885. The third kappa shape index (κ3) is 4.19. The van der Waals surface area contributed by atoms with Crippen molar-refractivity contribution in [3.05, 3.63) is 23.8 Å². The largest absolute Gasteiger partial charge is 0.496 e. The van der Waals surface area contributed by atoms with E-state index >= 15 is 0 Å². The number of ether oxygens (including phenoxy) is 1. The lowest BCUT2D eigenvalue weighted by Gasteiger charge is -2.35. The zero-order valence-electron chi connectivity index (χ0n) is 13.3. The van der Waals surface area contributed by atoms with Gasteiger partial charge in [0.05, 0.1) is 13.7 Å². The molecular formula is C16H25N3O2. The molecule has 116 valence electrons. The molecule has 1 fully saturated rings. The van der Waals surface area contributed by atoms with Crippen molar-refractivity contribution in [1.29, 1.82) is 0 Å². The summed E-state index contributed by atoms with van der Waals surface area (Å²) in [6.45, 7) is 8.46. The lowest BCUT2D eigenvalue weighted by atomic mass is 10.1. The Morgan fingerprint density at radius 2 is 2.05 bits per heavy atom. The van der Waals surface area contributed by atoms with E-state index in [1.54, 1.807) is 7.11 Å². The summed E-state index contributed by atoms with van der Waals surface area (Å²) < 4.78 is 5.28. The van der Waals surface area contributed by atoms with Crippen LogP contribution in [-0.4, -0.2) is 49.6 Å². The smallest absolute Gasteiger partial charge is 0.238 e. The Hall–Kier alpha value is -1.59. The van der Waals surface area contributed by atoms with Crippen LogP contribution < -0.4 is 15.4 Å². The summed E-state index contributed by atoms with van der Waals surface area (Å²) in [5.74, 6) is 0.810. The standard InChI is InChI=1S/C16H25N3O2/c1-11-8-19(9-12(2)17-11)10-16(20)18-14-6-5-7-15(21-4)13(14)3/h5-7,11-12,17H,8-10H2,1-4H3,(H,18,20)/t11-,12+. The van der Waals surface area contributed by atoms with Crippen LogP contribution in [0.25, 0.3) is 0 Å². The monoisotopic (exact) mass is 291 g/mol. The minimum absolute atomic E-state index is 0.0210. The number of methoxy groups -OCH3 is 1. The fourth-order valence-corrected chi connectivity index (χ4v) is 2.93. The van der Waals surface area contributed by atoms with Gasteiger partial charge in [0, 0.05) is 36.4 Å². The molecule has 5 nitrogen and oxygen atoms in total. The Morgan fingerprint density at radius 1 is 1.38 bits per heavy atom. The Kier molecular flexibility index (Phi) is 5.20. The maximum Gasteiger partial charge on any atom is 0.238 e. The second-order valence-corrected chi connectivity index (χ2v) is 5.84. The molecule has 0 aliphatic carbocycles. The fraction of sp³-hybridized carbons (Fsp3) is 0.562. The normalized spacial score (nSPS) is 22.9. The highest BCUT2D eigenvalue weighted by atomic mass is 16.5. The van der Waals surface area contributed by atoms with Gasteiger partial charge in [0.15, 0.2) is 0 Å². The van der Waals surface area contributed by atoms with Crippen molar-refractivity contribution in [2.75, 3.05) is 32.1 Å². The number of piperazine rings is 1. The van der Waals surface area contributed by atoms with Crippen molar-refractivity contribution in [3.63, 3.8) is 0 Å². The number of nitrogens with one attached hydrogen (secondary N) is 2. The number of amides is 1. The number of carbonyl (C=O) groups is 1. The lowest BCUT2D eigenvalue weighted by molar-refractivity contribution is -0.117. The third-order valence-electron chi connectivity index (χ3n) is 3.78. The molecule has 0 saturated carbocycles. The van der Waals surface area contributed by atoms with Gasteiger partial charge in [-0.1, -0.05) is 6.07 Å². The van der Waals surface area contributed by atoms with Crippen molar-refractivity contribution in [2.45, 2.75) is 32.9 Å². The van der Waals surface area contributed by atoms with E-state index < -0.39 is 0 Å². The molecule has 1 amide bonds. The molecular weight excluding hydrogens is 266 g/mol. The SMILES string of the molecule is COc1cccc(NC(=O)CN2C[C@@H](C)N[C@@H](C)C2)c1C. The average molecular weight is 291 g/mol. The van der Waals surface area contributed by atoms with Crippen LogP contribution in [0.2, 0.25) is 0 Å². The Morgan fingerprint density at radius 3 is 2.67 bits per heavy atom. The summed E-state index contributed by atoms with van der Waals surface area (Å²) in [6, 6.07) is 6.51. The maximum absolute atomic E-state index is 12.2. The average Bonchev–Trinajstić information content (AvgIpc) is 2.40. The fourth-order valence-electron chi connectivity index (χ4n) is 2.93. The van der Waals surface area contributed by atoms with Crippen LogP contribution in [0.15, 0.2) is 18.2 Å². The molecule has 1 aromatic rings. The van der Waals surface area contributed by atoms with Gasteiger partial charge < -0.3 is 15.4 Å². The highest BCUT2D eigenvalue weighted by molar-refractivity contribution is 5.93. The van der Waals surface area contributed by atoms with Gasteiger partial charge in [0.25, 0.3) is 0 Å². The highest BCUT2D eigenvalue weighted by Crippen LogP contribution is 2.24. The first-order chi connectivity index (χ1) is 9.99. The van der Waals surface area contributed by atoms with Gasteiger partial charge in [-0.25, -0.2) is 0 Å². The Labute approximate surface area is 126 Å². The van der Waals surface area contributed by atoms with Crippen molar-refractivity contribution in [2.24, 2.45) is 0 Å². The van der Waals surface area contributed by atoms with Crippen LogP contribution in [-0.2, 0) is 4.79 Å². The van der Waals surface area contributed by atoms with Crippen LogP contribution in [0.1, 0.15) is 19.4 Å². The van der Waals surface area contributed by atoms with Gasteiger partial charge in [-0.15, -0.1) is 0 Å². The van der Waals surface area contributed by atoms with E-state index in [0.717, 1.165) is 30.1 Å². The molecule has 1 aliphatic rings. The molecule has 0 spiro atoms. The van der Waals surface area contributed by atoms with Crippen molar-refractivity contribution < 1.29 is 9.53 Å². The predicted molar refractivity (Wildman–Crippen MR) is 84.9 cm³/mol. The molecule has 2 N–H and O–H groups in total. The summed E-state index contributed by atoms with van der Waals surface area (Å²) in [6.07, 6.45) is 0. The van der Waals surface area contributed by atoms with Crippen LogP contribution >= 0.6 is 0 Å². The second kappa shape index (κ2) is 6.91. The minimum Gasteiger partial charge on any atom is -0.496 e. The molecule has 2 atom stereocenters. The van der Waals surface area contributed by atoms with E-state index in [2.05, 4.69) is 29.4 Å². The van der Waals surface area contributed by atoms with E-state index in [4.69, 9.17) is 4.74 Å². The van der Waals surface area contributed by atoms with Gasteiger partial charge >= 0.3 is 0 Å². The summed E-state index contributed by atoms with van der Waals surface area (Å²) in [4.78, 5) is 14.4. The Bertz CT molecular complexity index is 494. The first kappa shape index (κ1) is 15.8. The number of anilines is 1. The number of nitrogens with zero attached hydrogens (tertiary/aromatic N) is 1. The molecule has 0 aromatic heterocycles. The van der Waals surface area contributed by atoms with E-state index in [1.165, 1.54) is 0 Å². The molecule has 2 rings (SSSR count). The van der Waals surface area contributed by atoms with E-state index in [0.29, 0.717) is 18.6 Å². The number of rotatable bonds is 4. The molecule has 1 aromatic carbocycles. The van der Waals surface area contributed by atoms with E-state index in [9.17, 15) is 4.79 Å². The van der Waals surface area contributed by atoms with E-state index in [1.807, 2.05) is 25.1 Å². The molecule has 21 heavy (non-hydrogen) atoms. The maximum atomic E-state index is 12.2. The highest BCUT2D eigenvalue weighted by Gasteiger charge is 2.22. The van der Waals surface area contributed by atoms with Crippen LogP contribution in [0, 0.1) is 6.92 Å². The summed E-state index contributed by atoms with van der Waals surface area (Å²) in [7, 11) is 1.64. The molecule has 5 heteroatoms. The van der Waals surface area contributed by atoms with Crippen LogP contribution in [0.5, 0.6) is 5.75 Å². The summed E-state index contributed by atoms with van der Waals surface area (Å²) in [5.41, 5.74) is 1.77. The topological polar surface area (TPSA) is 53.6 Å². The molecule has 1 aliphatic heterocycles. The molecule has 0 unspecified atom stereocenters. The molecule has 0 bridgehead atoms. The minimum atomic E-state index is 0.0210. The van der Waals surface area contributed by atoms with Gasteiger partial charge in [-0.3, -0.25) is 9.69 Å². The Balaban J connectivity index is 1.96. The summed E-state index contributed by atoms with van der Waals surface area (Å²) in [5, 5.41) is 6.45. The second-order valence-electron chi connectivity index (χ2n) is 5.84.